The molecular weight excluding hydrogens is 319 g/mol. The molecule has 0 saturated carbocycles. The van der Waals surface area contributed by atoms with E-state index in [1.165, 1.54) is 17.2 Å². The minimum atomic E-state index is -0.518. The first-order valence-corrected chi connectivity index (χ1v) is 7.43. The first-order chi connectivity index (χ1) is 9.47. The van der Waals surface area contributed by atoms with Crippen LogP contribution in [0.5, 0.6) is 0 Å². The van der Waals surface area contributed by atoms with Crippen LogP contribution < -0.4 is 0 Å². The van der Waals surface area contributed by atoms with Crippen molar-refractivity contribution in [3.05, 3.63) is 68.9 Å². The van der Waals surface area contributed by atoms with Crippen molar-refractivity contribution in [1.82, 2.24) is 0 Å². The van der Waals surface area contributed by atoms with Gasteiger partial charge >= 0.3 is 0 Å². The molecule has 2 aromatic rings. The van der Waals surface area contributed by atoms with Gasteiger partial charge in [-0.25, -0.2) is 4.39 Å². The van der Waals surface area contributed by atoms with Crippen molar-refractivity contribution in [2.75, 3.05) is 0 Å². The molecule has 20 heavy (non-hydrogen) atoms. The Labute approximate surface area is 127 Å². The monoisotopic (exact) mass is 336 g/mol. The van der Waals surface area contributed by atoms with Crippen LogP contribution in [-0.4, -0.2) is 11.2 Å². The third-order valence-electron chi connectivity index (χ3n) is 3.53. The Morgan fingerprint density at radius 1 is 1.10 bits per heavy atom. The van der Waals surface area contributed by atoms with Crippen LogP contribution in [0.15, 0.2) is 40.9 Å². The van der Waals surface area contributed by atoms with Crippen LogP contribution in [0, 0.1) is 19.7 Å². The van der Waals surface area contributed by atoms with E-state index in [2.05, 4.69) is 41.9 Å². The van der Waals surface area contributed by atoms with Gasteiger partial charge in [-0.3, -0.25) is 0 Å². The Bertz CT molecular complexity index is 610. The summed E-state index contributed by atoms with van der Waals surface area (Å²) in [6.45, 7) is 4.13. The fourth-order valence-corrected chi connectivity index (χ4v) is 2.66. The standard InChI is InChI=1S/C17H18BrFO/c1-11-6-7-13(8-12(11)2)9-15(20)10-14-4-3-5-16(19)17(14)18/h3-8,15,20H,9-10H2,1-2H3. The lowest BCUT2D eigenvalue weighted by molar-refractivity contribution is 0.175. The summed E-state index contributed by atoms with van der Waals surface area (Å²) >= 11 is 3.23. The predicted molar refractivity (Wildman–Crippen MR) is 83.4 cm³/mol. The molecule has 0 bridgehead atoms. The molecule has 1 atom stereocenters. The second kappa shape index (κ2) is 6.51. The molecule has 106 valence electrons. The molecule has 2 rings (SSSR count). The van der Waals surface area contributed by atoms with Crippen molar-refractivity contribution in [1.29, 1.82) is 0 Å². The summed E-state index contributed by atoms with van der Waals surface area (Å²) < 4.78 is 13.9. The highest BCUT2D eigenvalue weighted by atomic mass is 79.9. The maximum Gasteiger partial charge on any atom is 0.137 e. The second-order valence-corrected chi connectivity index (χ2v) is 5.99. The van der Waals surface area contributed by atoms with Gasteiger partial charge in [0.05, 0.1) is 10.6 Å². The topological polar surface area (TPSA) is 20.2 Å². The van der Waals surface area contributed by atoms with E-state index in [1.807, 2.05) is 12.1 Å². The fraction of sp³-hybridized carbons (Fsp3) is 0.294. The van der Waals surface area contributed by atoms with E-state index < -0.39 is 6.10 Å². The highest BCUT2D eigenvalue weighted by Gasteiger charge is 2.12. The second-order valence-electron chi connectivity index (χ2n) is 5.19. The van der Waals surface area contributed by atoms with E-state index in [0.717, 1.165) is 11.1 Å². The lowest BCUT2D eigenvalue weighted by Gasteiger charge is -2.13. The number of aliphatic hydroxyl groups is 1. The summed E-state index contributed by atoms with van der Waals surface area (Å²) in [5, 5.41) is 10.2. The number of rotatable bonds is 4. The lowest BCUT2D eigenvalue weighted by Crippen LogP contribution is -2.14. The van der Waals surface area contributed by atoms with Gasteiger partial charge in [-0.1, -0.05) is 30.3 Å². The van der Waals surface area contributed by atoms with Crippen LogP contribution in [0.1, 0.15) is 22.3 Å². The highest BCUT2D eigenvalue weighted by molar-refractivity contribution is 9.10. The predicted octanol–water partition coefficient (Wildman–Crippen LogP) is 4.35. The molecule has 0 aliphatic heterocycles. The van der Waals surface area contributed by atoms with E-state index in [9.17, 15) is 9.50 Å². The zero-order valence-electron chi connectivity index (χ0n) is 11.7. The summed E-state index contributed by atoms with van der Waals surface area (Å²) in [5.74, 6) is -0.291. The van der Waals surface area contributed by atoms with E-state index >= 15 is 0 Å². The minimum Gasteiger partial charge on any atom is -0.392 e. The van der Waals surface area contributed by atoms with Crippen molar-refractivity contribution >= 4 is 15.9 Å². The van der Waals surface area contributed by atoms with Gasteiger partial charge < -0.3 is 5.11 Å². The summed E-state index contributed by atoms with van der Waals surface area (Å²) in [6.07, 6.45) is 0.491. The maximum atomic E-state index is 13.4. The number of hydrogen-bond acceptors (Lipinski definition) is 1. The summed E-state index contributed by atoms with van der Waals surface area (Å²) in [7, 11) is 0. The zero-order valence-corrected chi connectivity index (χ0v) is 13.2. The fourth-order valence-electron chi connectivity index (χ4n) is 2.23. The van der Waals surface area contributed by atoms with Gasteiger partial charge in [0.1, 0.15) is 5.82 Å². The van der Waals surface area contributed by atoms with E-state index in [-0.39, 0.29) is 5.82 Å². The van der Waals surface area contributed by atoms with Crippen molar-refractivity contribution in [3.63, 3.8) is 0 Å². The zero-order chi connectivity index (χ0) is 14.7. The average Bonchev–Trinajstić information content (AvgIpc) is 2.39. The van der Waals surface area contributed by atoms with Gasteiger partial charge in [0.25, 0.3) is 0 Å². The van der Waals surface area contributed by atoms with Gasteiger partial charge in [-0.2, -0.15) is 0 Å². The SMILES string of the molecule is Cc1ccc(CC(O)Cc2cccc(F)c2Br)cc1C. The van der Waals surface area contributed by atoms with Gasteiger partial charge in [0.2, 0.25) is 0 Å². The molecule has 0 spiro atoms. The van der Waals surface area contributed by atoms with Gasteiger partial charge in [-0.15, -0.1) is 0 Å². The quantitative estimate of drug-likeness (QED) is 0.879. The third-order valence-corrected chi connectivity index (χ3v) is 4.42. The molecule has 3 heteroatoms. The summed E-state index contributed by atoms with van der Waals surface area (Å²) in [4.78, 5) is 0. The normalized spacial score (nSPS) is 12.4. The Balaban J connectivity index is 2.07. The molecule has 2 aromatic carbocycles. The Morgan fingerprint density at radius 2 is 1.85 bits per heavy atom. The molecule has 1 N–H and O–H groups in total. The average molecular weight is 337 g/mol. The minimum absolute atomic E-state index is 0.291. The van der Waals surface area contributed by atoms with Crippen LogP contribution in [0.2, 0.25) is 0 Å². The molecule has 1 unspecified atom stereocenters. The lowest BCUT2D eigenvalue weighted by atomic mass is 9.98. The molecule has 1 nitrogen and oxygen atoms in total. The first kappa shape index (κ1) is 15.2. The highest BCUT2D eigenvalue weighted by Crippen LogP contribution is 2.22. The van der Waals surface area contributed by atoms with Crippen molar-refractivity contribution in [3.8, 4) is 0 Å². The van der Waals surface area contributed by atoms with Crippen LogP contribution in [-0.2, 0) is 12.8 Å². The Morgan fingerprint density at radius 3 is 2.55 bits per heavy atom. The summed E-state index contributed by atoms with van der Waals surface area (Å²) in [5.41, 5.74) is 4.37. The number of aryl methyl sites for hydroxylation is 2. The van der Waals surface area contributed by atoms with Gasteiger partial charge in [0, 0.05) is 0 Å². The van der Waals surface area contributed by atoms with Gasteiger partial charge in [-0.05, 0) is 70.9 Å². The number of hydrogen-bond donors (Lipinski definition) is 1. The molecule has 0 radical (unpaired) electrons. The molecule has 0 heterocycles. The van der Waals surface area contributed by atoms with Crippen LogP contribution in [0.25, 0.3) is 0 Å². The Hall–Kier alpha value is -1.19. The molecule has 0 aliphatic carbocycles. The molecule has 0 saturated heterocycles. The molecule has 0 aromatic heterocycles. The summed E-state index contributed by atoms with van der Waals surface area (Å²) in [6, 6.07) is 11.1. The van der Waals surface area contributed by atoms with Crippen molar-refractivity contribution < 1.29 is 9.50 Å². The molecule has 0 aliphatic rings. The molecule has 0 amide bonds. The van der Waals surface area contributed by atoms with Crippen molar-refractivity contribution in [2.45, 2.75) is 32.8 Å². The Kier molecular flexibility index (Phi) is 4.95. The number of benzene rings is 2. The van der Waals surface area contributed by atoms with Crippen LogP contribution in [0.4, 0.5) is 4.39 Å². The maximum absolute atomic E-state index is 13.4. The van der Waals surface area contributed by atoms with E-state index in [0.29, 0.717) is 17.3 Å². The number of aliphatic hydroxyl groups excluding tert-OH is 1. The largest absolute Gasteiger partial charge is 0.392 e. The molecular formula is C17H18BrFO. The van der Waals surface area contributed by atoms with E-state index in [4.69, 9.17) is 0 Å². The van der Waals surface area contributed by atoms with Crippen LogP contribution in [0.3, 0.4) is 0 Å². The number of halogens is 2. The smallest absolute Gasteiger partial charge is 0.137 e. The van der Waals surface area contributed by atoms with Crippen LogP contribution >= 0.6 is 15.9 Å². The molecule has 0 fully saturated rings. The first-order valence-electron chi connectivity index (χ1n) is 6.64. The van der Waals surface area contributed by atoms with Gasteiger partial charge in [0.15, 0.2) is 0 Å². The van der Waals surface area contributed by atoms with Crippen molar-refractivity contribution in [2.24, 2.45) is 0 Å². The third kappa shape index (κ3) is 3.68. The van der Waals surface area contributed by atoms with E-state index in [1.54, 1.807) is 6.07 Å².